The van der Waals surface area contributed by atoms with E-state index >= 15 is 0 Å². The second-order valence-electron chi connectivity index (χ2n) is 5.72. The molecule has 100 valence electrons. The van der Waals surface area contributed by atoms with Gasteiger partial charge in [0.15, 0.2) is 0 Å². The fraction of sp³-hybridized carbons (Fsp3) is 0.625. The van der Waals surface area contributed by atoms with E-state index in [0.717, 1.165) is 26.1 Å². The first-order chi connectivity index (χ1) is 8.66. The van der Waals surface area contributed by atoms with Gasteiger partial charge in [-0.3, -0.25) is 0 Å². The van der Waals surface area contributed by atoms with Gasteiger partial charge in [0.2, 0.25) is 0 Å². The Balaban J connectivity index is 1.99. The monoisotopic (exact) mass is 266 g/mol. The van der Waals surface area contributed by atoms with Gasteiger partial charge in [0, 0.05) is 12.5 Å². The van der Waals surface area contributed by atoms with E-state index in [1.807, 2.05) is 0 Å². The van der Waals surface area contributed by atoms with Crippen molar-refractivity contribution in [1.29, 1.82) is 0 Å². The summed E-state index contributed by atoms with van der Waals surface area (Å²) in [4.78, 5) is 0. The van der Waals surface area contributed by atoms with E-state index in [1.54, 1.807) is 0 Å². The molecular weight excluding hydrogens is 244 g/mol. The molecule has 2 heteroatoms. The van der Waals surface area contributed by atoms with Crippen LogP contribution in [0.2, 0.25) is 0 Å². The molecule has 1 aromatic rings. The Kier molecular flexibility index (Phi) is 5.08. The summed E-state index contributed by atoms with van der Waals surface area (Å²) in [6.45, 7) is 6.20. The van der Waals surface area contributed by atoms with Crippen LogP contribution in [0.4, 0.5) is 0 Å². The van der Waals surface area contributed by atoms with Gasteiger partial charge in [-0.25, -0.2) is 0 Å². The third-order valence-electron chi connectivity index (χ3n) is 3.55. The molecule has 1 fully saturated rings. The van der Waals surface area contributed by atoms with Crippen LogP contribution in [0, 0.1) is 11.8 Å². The lowest BCUT2D eigenvalue weighted by molar-refractivity contribution is 0.0531. The molecule has 2 atom stereocenters. The maximum Gasteiger partial charge on any atom is 0.0635 e. The Morgan fingerprint density at radius 3 is 2.56 bits per heavy atom. The van der Waals surface area contributed by atoms with Crippen LogP contribution in [0.5, 0.6) is 0 Å². The van der Waals surface area contributed by atoms with Crippen molar-refractivity contribution in [3.8, 4) is 0 Å². The number of hydrogen-bond acceptors (Lipinski definition) is 1. The van der Waals surface area contributed by atoms with Crippen molar-refractivity contribution in [2.45, 2.75) is 38.5 Å². The number of benzene rings is 1. The zero-order valence-electron chi connectivity index (χ0n) is 11.4. The lowest BCUT2D eigenvalue weighted by Gasteiger charge is -2.26. The largest absolute Gasteiger partial charge is 0.381 e. The van der Waals surface area contributed by atoms with Gasteiger partial charge < -0.3 is 4.74 Å². The SMILES string of the molecule is CC(C)Cc1ccc(C(Cl)C2CCCOC2)cc1. The quantitative estimate of drug-likeness (QED) is 0.724. The van der Waals surface area contributed by atoms with Gasteiger partial charge in [-0.05, 0) is 36.3 Å². The molecule has 2 unspecified atom stereocenters. The van der Waals surface area contributed by atoms with Crippen LogP contribution in [0.3, 0.4) is 0 Å². The highest BCUT2D eigenvalue weighted by Crippen LogP contribution is 2.34. The Bertz CT molecular complexity index is 352. The molecule has 0 amide bonds. The summed E-state index contributed by atoms with van der Waals surface area (Å²) in [5.74, 6) is 1.17. The molecule has 0 saturated carbocycles. The highest BCUT2D eigenvalue weighted by Gasteiger charge is 2.23. The number of rotatable bonds is 4. The maximum atomic E-state index is 6.56. The van der Waals surface area contributed by atoms with Crippen molar-refractivity contribution in [3.63, 3.8) is 0 Å². The number of hydrogen-bond donors (Lipinski definition) is 0. The highest BCUT2D eigenvalue weighted by atomic mass is 35.5. The molecule has 1 aromatic carbocycles. The topological polar surface area (TPSA) is 9.23 Å². The first-order valence-corrected chi connectivity index (χ1v) is 7.41. The Hall–Kier alpha value is -0.530. The third-order valence-corrected chi connectivity index (χ3v) is 4.16. The summed E-state index contributed by atoms with van der Waals surface area (Å²) < 4.78 is 5.52. The summed E-state index contributed by atoms with van der Waals surface area (Å²) in [5.41, 5.74) is 2.64. The van der Waals surface area contributed by atoms with Crippen molar-refractivity contribution in [2.24, 2.45) is 11.8 Å². The molecule has 1 aliphatic heterocycles. The predicted molar refractivity (Wildman–Crippen MR) is 77.1 cm³/mol. The molecule has 18 heavy (non-hydrogen) atoms. The van der Waals surface area contributed by atoms with Gasteiger partial charge in [-0.15, -0.1) is 11.6 Å². The standard InChI is InChI=1S/C16H23ClO/c1-12(2)10-13-5-7-14(8-6-13)16(17)15-4-3-9-18-11-15/h5-8,12,15-16H,3-4,9-11H2,1-2H3. The van der Waals surface area contributed by atoms with Crippen molar-refractivity contribution in [2.75, 3.05) is 13.2 Å². The molecule has 1 nitrogen and oxygen atoms in total. The second kappa shape index (κ2) is 6.58. The molecule has 1 heterocycles. The summed E-state index contributed by atoms with van der Waals surface area (Å²) in [6, 6.07) is 8.80. The van der Waals surface area contributed by atoms with E-state index in [4.69, 9.17) is 16.3 Å². The number of alkyl halides is 1. The molecule has 1 aliphatic rings. The van der Waals surface area contributed by atoms with Crippen LogP contribution < -0.4 is 0 Å². The molecule has 0 aliphatic carbocycles. The van der Waals surface area contributed by atoms with Crippen molar-refractivity contribution in [1.82, 2.24) is 0 Å². The second-order valence-corrected chi connectivity index (χ2v) is 6.19. The summed E-state index contributed by atoms with van der Waals surface area (Å²) >= 11 is 6.56. The van der Waals surface area contributed by atoms with Gasteiger partial charge in [-0.2, -0.15) is 0 Å². The van der Waals surface area contributed by atoms with E-state index in [2.05, 4.69) is 38.1 Å². The van der Waals surface area contributed by atoms with Crippen LogP contribution in [0.1, 0.15) is 43.2 Å². The van der Waals surface area contributed by atoms with Crippen LogP contribution in [-0.2, 0) is 11.2 Å². The normalized spacial score (nSPS) is 22.1. The molecule has 0 spiro atoms. The Labute approximate surface area is 115 Å². The van der Waals surface area contributed by atoms with Gasteiger partial charge in [-0.1, -0.05) is 38.1 Å². The van der Waals surface area contributed by atoms with Gasteiger partial charge in [0.05, 0.1) is 12.0 Å². The third kappa shape index (κ3) is 3.73. The zero-order chi connectivity index (χ0) is 13.0. The smallest absolute Gasteiger partial charge is 0.0635 e. The molecular formula is C16H23ClO. The van der Waals surface area contributed by atoms with E-state index in [-0.39, 0.29) is 5.38 Å². The van der Waals surface area contributed by atoms with E-state index in [9.17, 15) is 0 Å². The molecule has 0 N–H and O–H groups in total. The van der Waals surface area contributed by atoms with Gasteiger partial charge in [0.25, 0.3) is 0 Å². The molecule has 2 rings (SSSR count). The summed E-state index contributed by atoms with van der Waals surface area (Å²) in [7, 11) is 0. The fourth-order valence-electron chi connectivity index (χ4n) is 2.58. The maximum absolute atomic E-state index is 6.56. The highest BCUT2D eigenvalue weighted by molar-refractivity contribution is 6.21. The Morgan fingerprint density at radius 2 is 2.00 bits per heavy atom. The first kappa shape index (κ1) is 13.9. The molecule has 1 saturated heterocycles. The fourth-order valence-corrected chi connectivity index (χ4v) is 2.92. The van der Waals surface area contributed by atoms with Crippen LogP contribution >= 0.6 is 11.6 Å². The van der Waals surface area contributed by atoms with E-state index < -0.39 is 0 Å². The van der Waals surface area contributed by atoms with Crippen molar-refractivity contribution < 1.29 is 4.74 Å². The van der Waals surface area contributed by atoms with Gasteiger partial charge in [0.1, 0.15) is 0 Å². The minimum absolute atomic E-state index is 0.0957. The minimum Gasteiger partial charge on any atom is -0.381 e. The first-order valence-electron chi connectivity index (χ1n) is 6.97. The summed E-state index contributed by atoms with van der Waals surface area (Å²) in [5, 5.41) is 0.0957. The van der Waals surface area contributed by atoms with E-state index in [1.165, 1.54) is 17.5 Å². The average Bonchev–Trinajstić information content (AvgIpc) is 2.39. The van der Waals surface area contributed by atoms with Gasteiger partial charge >= 0.3 is 0 Å². The molecule has 0 radical (unpaired) electrons. The number of halogens is 1. The van der Waals surface area contributed by atoms with Crippen LogP contribution in [0.25, 0.3) is 0 Å². The minimum atomic E-state index is 0.0957. The predicted octanol–water partition coefficient (Wildman–Crippen LogP) is 4.59. The molecule has 0 aromatic heterocycles. The van der Waals surface area contributed by atoms with E-state index in [0.29, 0.717) is 11.8 Å². The van der Waals surface area contributed by atoms with Crippen LogP contribution in [-0.4, -0.2) is 13.2 Å². The summed E-state index contributed by atoms with van der Waals surface area (Å²) in [6.07, 6.45) is 3.46. The lowest BCUT2D eigenvalue weighted by Crippen LogP contribution is -2.21. The zero-order valence-corrected chi connectivity index (χ0v) is 12.1. The number of ether oxygens (including phenoxy) is 1. The Morgan fingerprint density at radius 1 is 1.28 bits per heavy atom. The van der Waals surface area contributed by atoms with Crippen LogP contribution in [0.15, 0.2) is 24.3 Å². The lowest BCUT2D eigenvalue weighted by atomic mass is 9.92. The van der Waals surface area contributed by atoms with Crippen molar-refractivity contribution in [3.05, 3.63) is 35.4 Å². The van der Waals surface area contributed by atoms with Crippen molar-refractivity contribution >= 4 is 11.6 Å². The molecule has 0 bridgehead atoms. The average molecular weight is 267 g/mol.